The van der Waals surface area contributed by atoms with Crippen molar-refractivity contribution in [1.82, 2.24) is 0 Å². The highest BCUT2D eigenvalue weighted by Gasteiger charge is 2.04. The molecule has 0 aromatic heterocycles. The van der Waals surface area contributed by atoms with Crippen molar-refractivity contribution in [1.29, 1.82) is 0 Å². The molecule has 0 fully saturated rings. The fourth-order valence-corrected chi connectivity index (χ4v) is 0.604. The van der Waals surface area contributed by atoms with Crippen molar-refractivity contribution >= 4 is 11.4 Å². The maximum Gasteiger partial charge on any atom is 0.151 e. The van der Waals surface area contributed by atoms with Gasteiger partial charge in [-0.15, -0.1) is 0 Å². The van der Waals surface area contributed by atoms with E-state index in [1.165, 1.54) is 0 Å². The normalized spacial score (nSPS) is 9.80. The summed E-state index contributed by atoms with van der Waals surface area (Å²) < 4.78 is 24.8. The van der Waals surface area contributed by atoms with Gasteiger partial charge in [0.1, 0.15) is 5.69 Å². The van der Waals surface area contributed by atoms with Crippen LogP contribution in [0.15, 0.2) is 12.1 Å². The van der Waals surface area contributed by atoms with Crippen LogP contribution in [0.25, 0.3) is 0 Å². The van der Waals surface area contributed by atoms with Gasteiger partial charge in [0.2, 0.25) is 0 Å². The Bertz CT molecular complexity index is 237. The summed E-state index contributed by atoms with van der Waals surface area (Å²) in [7, 11) is 0. The molecule has 2 nitrogen and oxygen atoms in total. The summed E-state index contributed by atoms with van der Waals surface area (Å²) in [5.74, 6) is -1.64. The molecule has 0 radical (unpaired) electrons. The number of rotatable bonds is 0. The first-order valence-electron chi connectivity index (χ1n) is 2.61. The van der Waals surface area contributed by atoms with Crippen molar-refractivity contribution < 1.29 is 8.78 Å². The molecule has 1 aromatic rings. The predicted octanol–water partition coefficient (Wildman–Crippen LogP) is 1.13. The highest BCUT2D eigenvalue weighted by molar-refractivity contribution is 5.50. The molecule has 4 heteroatoms. The Balaban J connectivity index is 3.31. The van der Waals surface area contributed by atoms with Crippen molar-refractivity contribution in [2.75, 3.05) is 11.5 Å². The summed E-state index contributed by atoms with van der Waals surface area (Å²) in [6, 6.07) is 1.94. The van der Waals surface area contributed by atoms with Crippen LogP contribution in [-0.4, -0.2) is 0 Å². The van der Waals surface area contributed by atoms with Crippen LogP contribution < -0.4 is 11.5 Å². The summed E-state index contributed by atoms with van der Waals surface area (Å²) in [6.45, 7) is 0. The Hall–Kier alpha value is -1.32. The van der Waals surface area contributed by atoms with Gasteiger partial charge in [0.05, 0.1) is 0 Å². The first-order chi connectivity index (χ1) is 4.61. The second-order valence-corrected chi connectivity index (χ2v) is 1.90. The molecule has 0 bridgehead atoms. The van der Waals surface area contributed by atoms with E-state index in [1.807, 2.05) is 0 Å². The van der Waals surface area contributed by atoms with Crippen LogP contribution in [0.5, 0.6) is 0 Å². The van der Waals surface area contributed by atoms with Crippen LogP contribution >= 0.6 is 0 Å². The zero-order valence-electron chi connectivity index (χ0n) is 5.07. The average Bonchev–Trinajstić information content (AvgIpc) is 1.82. The fraction of sp³-hybridized carbons (Fsp3) is 0. The van der Waals surface area contributed by atoms with Crippen molar-refractivity contribution in [3.05, 3.63) is 23.8 Å². The number of halogens is 2. The standard InChI is InChI=1S/C6H6F2N2/c7-4-1-3(9)2-5(8)6(4)10/h1-2H,9-10H2. The van der Waals surface area contributed by atoms with Gasteiger partial charge in [0.15, 0.2) is 11.6 Å². The number of nitrogens with two attached hydrogens (primary N) is 2. The van der Waals surface area contributed by atoms with E-state index in [4.69, 9.17) is 11.5 Å². The Morgan fingerprint density at radius 3 is 1.80 bits per heavy atom. The number of benzene rings is 1. The van der Waals surface area contributed by atoms with Gasteiger partial charge < -0.3 is 11.5 Å². The molecule has 0 aliphatic rings. The predicted molar refractivity (Wildman–Crippen MR) is 35.2 cm³/mol. The molecular weight excluding hydrogens is 138 g/mol. The van der Waals surface area contributed by atoms with E-state index in [0.717, 1.165) is 12.1 Å². The monoisotopic (exact) mass is 144 g/mol. The van der Waals surface area contributed by atoms with E-state index < -0.39 is 17.3 Å². The van der Waals surface area contributed by atoms with Crippen molar-refractivity contribution in [2.24, 2.45) is 0 Å². The van der Waals surface area contributed by atoms with Gasteiger partial charge in [-0.3, -0.25) is 0 Å². The van der Waals surface area contributed by atoms with Crippen LogP contribution in [0.3, 0.4) is 0 Å². The molecular formula is C6H6F2N2. The highest BCUT2D eigenvalue weighted by Crippen LogP contribution is 2.17. The van der Waals surface area contributed by atoms with Gasteiger partial charge in [-0.1, -0.05) is 0 Å². The molecule has 0 unspecified atom stereocenters. The Morgan fingerprint density at radius 2 is 1.40 bits per heavy atom. The van der Waals surface area contributed by atoms with Crippen molar-refractivity contribution in [3.8, 4) is 0 Å². The van der Waals surface area contributed by atoms with Gasteiger partial charge >= 0.3 is 0 Å². The van der Waals surface area contributed by atoms with Crippen LogP contribution in [0.1, 0.15) is 0 Å². The number of hydrogen-bond donors (Lipinski definition) is 2. The molecule has 0 spiro atoms. The van der Waals surface area contributed by atoms with E-state index >= 15 is 0 Å². The fourth-order valence-electron chi connectivity index (χ4n) is 0.604. The molecule has 0 aliphatic carbocycles. The topological polar surface area (TPSA) is 52.0 Å². The Morgan fingerprint density at radius 1 is 1.00 bits per heavy atom. The Kier molecular flexibility index (Phi) is 1.45. The molecule has 0 saturated carbocycles. The summed E-state index contributed by atoms with van der Waals surface area (Å²) in [4.78, 5) is 0. The lowest BCUT2D eigenvalue weighted by Crippen LogP contribution is -1.97. The minimum absolute atomic E-state index is 0.0317. The summed E-state index contributed by atoms with van der Waals surface area (Å²) >= 11 is 0. The minimum Gasteiger partial charge on any atom is -0.399 e. The largest absolute Gasteiger partial charge is 0.399 e. The van der Waals surface area contributed by atoms with E-state index in [0.29, 0.717) is 0 Å². The summed E-state index contributed by atoms with van der Waals surface area (Å²) in [5, 5.41) is 0. The van der Waals surface area contributed by atoms with Crippen LogP contribution in [0.2, 0.25) is 0 Å². The number of nitrogen functional groups attached to an aromatic ring is 2. The molecule has 4 N–H and O–H groups in total. The summed E-state index contributed by atoms with van der Waals surface area (Å²) in [6.07, 6.45) is 0. The van der Waals surface area contributed by atoms with Crippen LogP contribution in [0.4, 0.5) is 20.2 Å². The molecule has 1 rings (SSSR count). The molecule has 0 amide bonds. The molecule has 0 heterocycles. The highest BCUT2D eigenvalue weighted by atomic mass is 19.1. The van der Waals surface area contributed by atoms with Crippen molar-refractivity contribution in [3.63, 3.8) is 0 Å². The SMILES string of the molecule is Nc1cc(F)c(N)c(F)c1. The molecule has 0 aliphatic heterocycles. The molecule has 10 heavy (non-hydrogen) atoms. The maximum atomic E-state index is 12.4. The molecule has 0 atom stereocenters. The third-order valence-electron chi connectivity index (χ3n) is 1.10. The van der Waals surface area contributed by atoms with Crippen LogP contribution in [0, 0.1) is 11.6 Å². The van der Waals surface area contributed by atoms with E-state index in [-0.39, 0.29) is 5.69 Å². The van der Waals surface area contributed by atoms with Crippen molar-refractivity contribution in [2.45, 2.75) is 0 Å². The van der Waals surface area contributed by atoms with Gasteiger partial charge in [0, 0.05) is 5.69 Å². The lowest BCUT2D eigenvalue weighted by molar-refractivity contribution is 0.593. The smallest absolute Gasteiger partial charge is 0.151 e. The first-order valence-corrected chi connectivity index (χ1v) is 2.61. The number of hydrogen-bond acceptors (Lipinski definition) is 2. The number of anilines is 2. The molecule has 1 aromatic carbocycles. The van der Waals surface area contributed by atoms with Crippen LogP contribution in [-0.2, 0) is 0 Å². The minimum atomic E-state index is -0.822. The van der Waals surface area contributed by atoms with Gasteiger partial charge in [0.25, 0.3) is 0 Å². The average molecular weight is 144 g/mol. The zero-order valence-corrected chi connectivity index (χ0v) is 5.07. The third kappa shape index (κ3) is 1.00. The molecule has 54 valence electrons. The van der Waals surface area contributed by atoms with Gasteiger partial charge in [-0.2, -0.15) is 0 Å². The second kappa shape index (κ2) is 2.13. The first kappa shape index (κ1) is 6.80. The zero-order chi connectivity index (χ0) is 7.72. The van der Waals surface area contributed by atoms with Gasteiger partial charge in [-0.05, 0) is 12.1 Å². The second-order valence-electron chi connectivity index (χ2n) is 1.90. The summed E-state index contributed by atoms with van der Waals surface area (Å²) in [5.41, 5.74) is 9.58. The maximum absolute atomic E-state index is 12.4. The lowest BCUT2D eigenvalue weighted by atomic mass is 10.2. The molecule has 0 saturated heterocycles. The van der Waals surface area contributed by atoms with E-state index in [2.05, 4.69) is 0 Å². The van der Waals surface area contributed by atoms with E-state index in [9.17, 15) is 8.78 Å². The van der Waals surface area contributed by atoms with Gasteiger partial charge in [-0.25, -0.2) is 8.78 Å². The quantitative estimate of drug-likeness (QED) is 0.536. The van der Waals surface area contributed by atoms with E-state index in [1.54, 1.807) is 0 Å². The lowest BCUT2D eigenvalue weighted by Gasteiger charge is -1.98. The Labute approximate surface area is 56.4 Å². The third-order valence-corrected chi connectivity index (χ3v) is 1.10.